The summed E-state index contributed by atoms with van der Waals surface area (Å²) in [6, 6.07) is 7.11. The first kappa shape index (κ1) is 17.6. The van der Waals surface area contributed by atoms with Crippen LogP contribution in [0.15, 0.2) is 16.9 Å². The van der Waals surface area contributed by atoms with Gasteiger partial charge in [-0.25, -0.2) is 0 Å². The lowest BCUT2D eigenvalue weighted by atomic mass is 9.96. The van der Waals surface area contributed by atoms with Crippen molar-refractivity contribution in [3.8, 4) is 34.8 Å². The normalized spacial score (nSPS) is 9.88. The second-order valence-electron chi connectivity index (χ2n) is 4.64. The topological polar surface area (TPSA) is 125 Å². The molecule has 0 aliphatic carbocycles. The number of aromatic amines is 1. The van der Waals surface area contributed by atoms with Crippen molar-refractivity contribution in [2.24, 2.45) is 0 Å². The Hall–Kier alpha value is -2.72. The number of benzene rings is 1. The number of aromatic nitrogens is 1. The molecule has 0 fully saturated rings. The number of nitrogen functional groups attached to an aromatic ring is 1. The van der Waals surface area contributed by atoms with Crippen LogP contribution >= 0.6 is 22.6 Å². The molecule has 24 heavy (non-hydrogen) atoms. The highest BCUT2D eigenvalue weighted by molar-refractivity contribution is 14.1. The number of H-pyrrole nitrogens is 1. The molecule has 2 rings (SSSR count). The number of nitrogens with one attached hydrogen (secondary N) is 1. The predicted molar refractivity (Wildman–Crippen MR) is 96.8 cm³/mol. The van der Waals surface area contributed by atoms with Crippen LogP contribution in [0, 0.1) is 26.2 Å². The molecule has 1 aromatic heterocycles. The Morgan fingerprint density at radius 3 is 2.50 bits per heavy atom. The molecule has 0 saturated carbocycles. The summed E-state index contributed by atoms with van der Waals surface area (Å²) in [6.07, 6.45) is 0. The third-order valence-corrected chi connectivity index (χ3v) is 4.07. The predicted octanol–water partition coefficient (Wildman–Crippen LogP) is 2.38. The molecular formula is C16H13IN4O3. The number of nitrogens with two attached hydrogens (primary N) is 1. The minimum Gasteiger partial charge on any atom is -0.492 e. The van der Waals surface area contributed by atoms with Crippen LogP contribution in [-0.4, -0.2) is 18.7 Å². The maximum Gasteiger partial charge on any atom is 0.268 e. The third-order valence-electron chi connectivity index (χ3n) is 3.27. The summed E-state index contributed by atoms with van der Waals surface area (Å²) in [6.45, 7) is 2.23. The first-order valence-corrected chi connectivity index (χ1v) is 7.92. The number of methoxy groups -OCH3 is 1. The summed E-state index contributed by atoms with van der Waals surface area (Å²) in [7, 11) is 1.52. The molecule has 0 spiro atoms. The highest BCUT2D eigenvalue weighted by Gasteiger charge is 2.21. The van der Waals surface area contributed by atoms with Crippen LogP contribution in [0.3, 0.4) is 0 Å². The van der Waals surface area contributed by atoms with Gasteiger partial charge in [-0.3, -0.25) is 4.79 Å². The fraction of sp³-hybridized carbons (Fsp3) is 0.188. The van der Waals surface area contributed by atoms with Crippen molar-refractivity contribution < 1.29 is 9.47 Å². The van der Waals surface area contributed by atoms with E-state index in [4.69, 9.17) is 15.2 Å². The lowest BCUT2D eigenvalue weighted by molar-refractivity contribution is 0.310. The van der Waals surface area contributed by atoms with Gasteiger partial charge in [0.15, 0.2) is 11.5 Å². The number of anilines is 1. The van der Waals surface area contributed by atoms with Crippen molar-refractivity contribution >= 4 is 28.4 Å². The smallest absolute Gasteiger partial charge is 0.268 e. The van der Waals surface area contributed by atoms with Crippen LogP contribution in [0.5, 0.6) is 11.5 Å². The zero-order valence-corrected chi connectivity index (χ0v) is 15.1. The quantitative estimate of drug-likeness (QED) is 0.710. The number of hydrogen-bond donors (Lipinski definition) is 2. The van der Waals surface area contributed by atoms with Gasteiger partial charge in [0.2, 0.25) is 0 Å². The summed E-state index contributed by atoms with van der Waals surface area (Å²) in [5, 5.41) is 18.7. The minimum atomic E-state index is -0.646. The Balaban J connectivity index is 2.90. The molecule has 0 unspecified atom stereocenters. The molecule has 122 valence electrons. The summed E-state index contributed by atoms with van der Waals surface area (Å²) < 4.78 is 11.6. The van der Waals surface area contributed by atoms with Crippen molar-refractivity contribution in [3.63, 3.8) is 0 Å². The van der Waals surface area contributed by atoms with Gasteiger partial charge in [-0.05, 0) is 47.2 Å². The van der Waals surface area contributed by atoms with Crippen LogP contribution in [0.2, 0.25) is 0 Å². The van der Waals surface area contributed by atoms with Gasteiger partial charge in [0.25, 0.3) is 5.56 Å². The summed E-state index contributed by atoms with van der Waals surface area (Å²) in [5.41, 5.74) is 5.62. The molecule has 1 heterocycles. The average Bonchev–Trinajstić information content (AvgIpc) is 2.54. The monoisotopic (exact) mass is 436 g/mol. The lowest BCUT2D eigenvalue weighted by Gasteiger charge is -2.15. The lowest BCUT2D eigenvalue weighted by Crippen LogP contribution is -2.16. The number of halogens is 1. The van der Waals surface area contributed by atoms with E-state index in [-0.39, 0.29) is 22.5 Å². The molecule has 1 aromatic carbocycles. The van der Waals surface area contributed by atoms with E-state index in [1.54, 1.807) is 12.1 Å². The van der Waals surface area contributed by atoms with Gasteiger partial charge >= 0.3 is 0 Å². The van der Waals surface area contributed by atoms with Crippen LogP contribution < -0.4 is 20.8 Å². The second-order valence-corrected chi connectivity index (χ2v) is 5.80. The third kappa shape index (κ3) is 3.01. The van der Waals surface area contributed by atoms with E-state index < -0.39 is 5.56 Å². The molecule has 7 nitrogen and oxygen atoms in total. The second kappa shape index (κ2) is 7.23. The summed E-state index contributed by atoms with van der Waals surface area (Å²) in [5.74, 6) is 0.907. The van der Waals surface area contributed by atoms with Gasteiger partial charge < -0.3 is 20.2 Å². The van der Waals surface area contributed by atoms with Crippen LogP contribution in [0.25, 0.3) is 11.1 Å². The van der Waals surface area contributed by atoms with Crippen molar-refractivity contribution in [1.82, 2.24) is 4.98 Å². The molecule has 0 atom stereocenters. The number of nitrogens with zero attached hydrogens (tertiary/aromatic N) is 2. The van der Waals surface area contributed by atoms with Crippen molar-refractivity contribution in [1.29, 1.82) is 10.5 Å². The molecule has 0 aliphatic heterocycles. The molecule has 0 aliphatic rings. The Kier molecular flexibility index (Phi) is 5.31. The van der Waals surface area contributed by atoms with E-state index in [2.05, 4.69) is 27.6 Å². The van der Waals surface area contributed by atoms with Crippen LogP contribution in [0.4, 0.5) is 5.82 Å². The number of ether oxygens (including phenoxy) is 2. The van der Waals surface area contributed by atoms with Crippen LogP contribution in [0.1, 0.15) is 18.1 Å². The number of pyridine rings is 1. The molecular weight excluding hydrogens is 423 g/mol. The van der Waals surface area contributed by atoms with E-state index in [0.717, 1.165) is 0 Å². The highest BCUT2D eigenvalue weighted by atomic mass is 127. The fourth-order valence-corrected chi connectivity index (χ4v) is 3.13. The average molecular weight is 436 g/mol. The SMILES string of the molecule is CCOc1cc(-c2c(C#N)c(N)[nH]c(=O)c2C#N)cc(I)c1OC. The van der Waals surface area contributed by atoms with Gasteiger partial charge in [0.05, 0.1) is 17.3 Å². The van der Waals surface area contributed by atoms with Crippen LogP contribution in [-0.2, 0) is 0 Å². The minimum absolute atomic E-state index is 0.0366. The number of hydrogen-bond acceptors (Lipinski definition) is 6. The Bertz CT molecular complexity index is 938. The summed E-state index contributed by atoms with van der Waals surface area (Å²) >= 11 is 2.06. The van der Waals surface area contributed by atoms with E-state index in [1.807, 2.05) is 19.1 Å². The van der Waals surface area contributed by atoms with Crippen molar-refractivity contribution in [2.45, 2.75) is 6.92 Å². The van der Waals surface area contributed by atoms with E-state index >= 15 is 0 Å². The first-order chi connectivity index (χ1) is 11.5. The largest absolute Gasteiger partial charge is 0.492 e. The first-order valence-electron chi connectivity index (χ1n) is 6.85. The summed E-state index contributed by atoms with van der Waals surface area (Å²) in [4.78, 5) is 14.3. The Labute approximate surface area is 151 Å². The molecule has 0 saturated heterocycles. The zero-order chi connectivity index (χ0) is 17.9. The van der Waals surface area contributed by atoms with E-state index in [1.165, 1.54) is 7.11 Å². The molecule has 0 amide bonds. The molecule has 0 bridgehead atoms. The Morgan fingerprint density at radius 2 is 1.96 bits per heavy atom. The zero-order valence-electron chi connectivity index (χ0n) is 12.9. The van der Waals surface area contributed by atoms with Crippen molar-refractivity contribution in [2.75, 3.05) is 19.5 Å². The maximum atomic E-state index is 12.0. The molecule has 8 heteroatoms. The number of rotatable bonds is 4. The molecule has 0 radical (unpaired) electrons. The highest BCUT2D eigenvalue weighted by Crippen LogP contribution is 2.39. The van der Waals surface area contributed by atoms with Gasteiger partial charge in [0, 0.05) is 5.56 Å². The Morgan fingerprint density at radius 1 is 1.29 bits per heavy atom. The van der Waals surface area contributed by atoms with Gasteiger partial charge in [-0.1, -0.05) is 0 Å². The van der Waals surface area contributed by atoms with E-state index in [9.17, 15) is 15.3 Å². The maximum absolute atomic E-state index is 12.0. The molecule has 3 N–H and O–H groups in total. The van der Waals surface area contributed by atoms with Gasteiger partial charge in [-0.2, -0.15) is 10.5 Å². The molecule has 2 aromatic rings. The van der Waals surface area contributed by atoms with Gasteiger partial charge in [0.1, 0.15) is 29.1 Å². The standard InChI is InChI=1S/C16H13IN4O3/c1-3-24-12-5-8(4-11(17)14(12)23-2)13-9(6-18)15(20)21-16(22)10(13)7-19/h4-5H,3H2,1-2H3,(H3,20,21,22). The van der Waals surface area contributed by atoms with Gasteiger partial charge in [-0.15, -0.1) is 0 Å². The fourth-order valence-electron chi connectivity index (χ4n) is 2.31. The van der Waals surface area contributed by atoms with Crippen molar-refractivity contribution in [3.05, 3.63) is 37.2 Å². The van der Waals surface area contributed by atoms with E-state index in [0.29, 0.717) is 27.2 Å². The number of nitriles is 2.